The molecule has 22 heavy (non-hydrogen) atoms. The van der Waals surface area contributed by atoms with Crippen molar-refractivity contribution in [2.24, 2.45) is 0 Å². The molecule has 0 aromatic heterocycles. The zero-order valence-electron chi connectivity index (χ0n) is 12.7. The van der Waals surface area contributed by atoms with E-state index in [9.17, 15) is 9.90 Å². The molecule has 0 saturated carbocycles. The fourth-order valence-corrected chi connectivity index (χ4v) is 2.20. The molecule has 2 aromatic rings. The second-order valence-electron chi connectivity index (χ2n) is 4.90. The molecular weight excluding hydrogens is 278 g/mol. The monoisotopic (exact) mass is 299 g/mol. The Hall–Kier alpha value is -2.33. The van der Waals surface area contributed by atoms with Crippen LogP contribution in [0.3, 0.4) is 0 Å². The number of aliphatic hydroxyl groups is 1. The van der Waals surface area contributed by atoms with Crippen LogP contribution in [0.5, 0.6) is 5.75 Å². The van der Waals surface area contributed by atoms with Crippen molar-refractivity contribution in [2.45, 2.75) is 19.4 Å². The van der Waals surface area contributed by atoms with Crippen molar-refractivity contribution in [3.8, 4) is 5.75 Å². The number of hydrogen-bond donors (Lipinski definition) is 2. The minimum Gasteiger partial charge on any atom is -0.493 e. The predicted octanol–water partition coefficient (Wildman–Crippen LogP) is 2.94. The van der Waals surface area contributed by atoms with Crippen LogP contribution in [0.15, 0.2) is 54.6 Å². The molecule has 0 aliphatic rings. The van der Waals surface area contributed by atoms with E-state index in [1.165, 1.54) is 0 Å². The fraction of sp³-hybridized carbons (Fsp3) is 0.278. The maximum atomic E-state index is 12.2. The molecule has 1 atom stereocenters. The summed E-state index contributed by atoms with van der Waals surface area (Å²) in [6.45, 7) is 2.79. The Balaban J connectivity index is 1.88. The van der Waals surface area contributed by atoms with Gasteiger partial charge in [0.2, 0.25) is 0 Å². The van der Waals surface area contributed by atoms with Crippen LogP contribution in [0.4, 0.5) is 0 Å². The first-order valence-electron chi connectivity index (χ1n) is 7.45. The lowest BCUT2D eigenvalue weighted by Crippen LogP contribution is -2.26. The summed E-state index contributed by atoms with van der Waals surface area (Å²) in [5.74, 6) is 0.385. The van der Waals surface area contributed by atoms with E-state index >= 15 is 0 Å². The first-order chi connectivity index (χ1) is 10.7. The summed E-state index contributed by atoms with van der Waals surface area (Å²) in [6, 6.07) is 16.6. The van der Waals surface area contributed by atoms with Gasteiger partial charge in [0.25, 0.3) is 5.91 Å². The largest absolute Gasteiger partial charge is 0.493 e. The van der Waals surface area contributed by atoms with E-state index < -0.39 is 6.10 Å². The van der Waals surface area contributed by atoms with Crippen molar-refractivity contribution < 1.29 is 14.6 Å². The number of para-hydroxylation sites is 1. The number of hydrogen-bond acceptors (Lipinski definition) is 3. The normalized spacial score (nSPS) is 11.7. The number of ether oxygens (including phenoxy) is 1. The van der Waals surface area contributed by atoms with Crippen molar-refractivity contribution in [1.82, 2.24) is 5.32 Å². The molecule has 0 radical (unpaired) electrons. The highest BCUT2D eigenvalue weighted by Crippen LogP contribution is 2.18. The van der Waals surface area contributed by atoms with Crippen LogP contribution >= 0.6 is 0 Å². The molecule has 0 heterocycles. The van der Waals surface area contributed by atoms with Gasteiger partial charge in [0.05, 0.1) is 18.3 Å². The maximum absolute atomic E-state index is 12.2. The Kier molecular flexibility index (Phi) is 5.98. The quantitative estimate of drug-likeness (QED) is 0.826. The molecule has 1 amide bonds. The standard InChI is InChI=1S/C18H21NO3/c1-2-22-17-11-7-6-10-15(17)18(21)19-13-12-16(20)14-8-4-3-5-9-14/h3-11,16,20H,2,12-13H2,1H3,(H,19,21)/t16-/m0/s1. The average Bonchev–Trinajstić information content (AvgIpc) is 2.56. The van der Waals surface area contributed by atoms with E-state index in [4.69, 9.17) is 4.74 Å². The molecule has 0 fully saturated rings. The molecule has 2 N–H and O–H groups in total. The molecule has 4 heteroatoms. The van der Waals surface area contributed by atoms with Gasteiger partial charge in [-0.1, -0.05) is 42.5 Å². The lowest BCUT2D eigenvalue weighted by atomic mass is 10.1. The van der Waals surface area contributed by atoms with Gasteiger partial charge in [-0.15, -0.1) is 0 Å². The zero-order valence-corrected chi connectivity index (χ0v) is 12.7. The van der Waals surface area contributed by atoms with E-state index in [0.717, 1.165) is 5.56 Å². The fourth-order valence-electron chi connectivity index (χ4n) is 2.20. The molecule has 4 nitrogen and oxygen atoms in total. The van der Waals surface area contributed by atoms with Gasteiger partial charge in [-0.25, -0.2) is 0 Å². The summed E-state index contributed by atoms with van der Waals surface area (Å²) in [7, 11) is 0. The summed E-state index contributed by atoms with van der Waals surface area (Å²) in [5.41, 5.74) is 1.37. The Morgan fingerprint density at radius 3 is 2.55 bits per heavy atom. The third-order valence-corrected chi connectivity index (χ3v) is 3.32. The lowest BCUT2D eigenvalue weighted by Gasteiger charge is -2.13. The van der Waals surface area contributed by atoms with E-state index in [1.807, 2.05) is 43.3 Å². The second kappa shape index (κ2) is 8.20. The number of nitrogens with one attached hydrogen (secondary N) is 1. The van der Waals surface area contributed by atoms with Gasteiger partial charge in [0.1, 0.15) is 5.75 Å². The molecule has 0 aliphatic heterocycles. The zero-order chi connectivity index (χ0) is 15.8. The minimum atomic E-state index is -0.580. The second-order valence-corrected chi connectivity index (χ2v) is 4.90. The summed E-state index contributed by atoms with van der Waals surface area (Å²) in [4.78, 5) is 12.2. The van der Waals surface area contributed by atoms with Crippen LogP contribution < -0.4 is 10.1 Å². The van der Waals surface area contributed by atoms with E-state index in [0.29, 0.717) is 30.9 Å². The van der Waals surface area contributed by atoms with Crippen LogP contribution in [-0.2, 0) is 0 Å². The van der Waals surface area contributed by atoms with Crippen molar-refractivity contribution in [3.05, 3.63) is 65.7 Å². The summed E-state index contributed by atoms with van der Waals surface area (Å²) in [6.07, 6.45) is -0.115. The number of amides is 1. The van der Waals surface area contributed by atoms with Gasteiger partial charge in [0, 0.05) is 6.54 Å². The molecule has 0 unspecified atom stereocenters. The van der Waals surface area contributed by atoms with Gasteiger partial charge in [-0.2, -0.15) is 0 Å². The number of rotatable bonds is 7. The lowest BCUT2D eigenvalue weighted by molar-refractivity contribution is 0.0939. The molecule has 0 aliphatic carbocycles. The summed E-state index contributed by atoms with van der Waals surface area (Å²) >= 11 is 0. The van der Waals surface area contributed by atoms with E-state index in [1.54, 1.807) is 18.2 Å². The molecule has 0 spiro atoms. The van der Waals surface area contributed by atoms with Gasteiger partial charge in [-0.05, 0) is 31.0 Å². The van der Waals surface area contributed by atoms with Gasteiger partial charge < -0.3 is 15.2 Å². The Labute approximate surface area is 130 Å². The highest BCUT2D eigenvalue weighted by Gasteiger charge is 2.12. The van der Waals surface area contributed by atoms with Crippen molar-refractivity contribution >= 4 is 5.91 Å². The van der Waals surface area contributed by atoms with Crippen LogP contribution in [0.2, 0.25) is 0 Å². The molecule has 116 valence electrons. The third-order valence-electron chi connectivity index (χ3n) is 3.32. The SMILES string of the molecule is CCOc1ccccc1C(=O)NCC[C@H](O)c1ccccc1. The van der Waals surface area contributed by atoms with Gasteiger partial charge in [-0.3, -0.25) is 4.79 Å². The van der Waals surface area contributed by atoms with Crippen molar-refractivity contribution in [2.75, 3.05) is 13.2 Å². The highest BCUT2D eigenvalue weighted by molar-refractivity contribution is 5.96. The van der Waals surface area contributed by atoms with E-state index in [2.05, 4.69) is 5.32 Å². The average molecular weight is 299 g/mol. The summed E-state index contributed by atoms with van der Waals surface area (Å²) in [5, 5.41) is 12.9. The molecule has 0 saturated heterocycles. The predicted molar refractivity (Wildman–Crippen MR) is 86.0 cm³/mol. The third kappa shape index (κ3) is 4.33. The first-order valence-corrected chi connectivity index (χ1v) is 7.45. The van der Waals surface area contributed by atoms with Crippen molar-refractivity contribution in [3.63, 3.8) is 0 Å². The topological polar surface area (TPSA) is 58.6 Å². The number of aliphatic hydroxyl groups excluding tert-OH is 1. The Morgan fingerprint density at radius 2 is 1.82 bits per heavy atom. The summed E-state index contributed by atoms with van der Waals surface area (Å²) < 4.78 is 5.44. The van der Waals surface area contributed by atoms with Gasteiger partial charge >= 0.3 is 0 Å². The molecule has 2 rings (SSSR count). The van der Waals surface area contributed by atoms with Crippen molar-refractivity contribution in [1.29, 1.82) is 0 Å². The van der Waals surface area contributed by atoms with Crippen LogP contribution in [0, 0.1) is 0 Å². The van der Waals surface area contributed by atoms with Crippen LogP contribution in [0.25, 0.3) is 0 Å². The number of benzene rings is 2. The number of carbonyl (C=O) groups excluding carboxylic acids is 1. The number of carbonyl (C=O) groups is 1. The maximum Gasteiger partial charge on any atom is 0.255 e. The molecular formula is C18H21NO3. The minimum absolute atomic E-state index is 0.190. The van der Waals surface area contributed by atoms with Gasteiger partial charge in [0.15, 0.2) is 0 Å². The highest BCUT2D eigenvalue weighted by atomic mass is 16.5. The smallest absolute Gasteiger partial charge is 0.255 e. The molecule has 0 bridgehead atoms. The van der Waals surface area contributed by atoms with E-state index in [-0.39, 0.29) is 5.91 Å². The first kappa shape index (κ1) is 16.0. The molecule has 2 aromatic carbocycles. The Morgan fingerprint density at radius 1 is 1.14 bits per heavy atom. The van der Waals surface area contributed by atoms with Crippen LogP contribution in [0.1, 0.15) is 35.4 Å². The Bertz CT molecular complexity index is 598. The van der Waals surface area contributed by atoms with Crippen LogP contribution in [-0.4, -0.2) is 24.2 Å².